The first-order chi connectivity index (χ1) is 5.21. The maximum absolute atomic E-state index is 10.5. The number of allylic oxidation sites excluding steroid dienone is 2. The minimum absolute atomic E-state index is 0.285. The van der Waals surface area contributed by atoms with Gasteiger partial charge in [0.05, 0.1) is 6.42 Å². The number of nitro groups is 1. The summed E-state index contributed by atoms with van der Waals surface area (Å²) >= 11 is 0. The van der Waals surface area contributed by atoms with E-state index in [0.717, 1.165) is 0 Å². The maximum atomic E-state index is 10.5. The first-order valence-corrected chi connectivity index (χ1v) is 3.18. The summed E-state index contributed by atoms with van der Waals surface area (Å²) in [5.41, 5.74) is 0.883. The molecular weight excluding hydrogens is 146 g/mol. The molecule has 0 heterocycles. The molecule has 1 aliphatic rings. The highest BCUT2D eigenvalue weighted by Gasteiger charge is 2.38. The van der Waals surface area contributed by atoms with Crippen molar-refractivity contribution in [1.82, 2.24) is 5.43 Å². The Morgan fingerprint density at radius 2 is 2.36 bits per heavy atom. The second-order valence-corrected chi connectivity index (χ2v) is 2.32. The van der Waals surface area contributed by atoms with E-state index in [4.69, 9.17) is 5.84 Å². The summed E-state index contributed by atoms with van der Waals surface area (Å²) < 4.78 is 0. The van der Waals surface area contributed by atoms with Crippen LogP contribution in [-0.2, 0) is 0 Å². The van der Waals surface area contributed by atoms with Crippen LogP contribution in [0.25, 0.3) is 0 Å². The summed E-state index contributed by atoms with van der Waals surface area (Å²) in [6.45, 7) is 0. The smallest absolute Gasteiger partial charge is 0.265 e. The zero-order valence-corrected chi connectivity index (χ0v) is 5.86. The quantitative estimate of drug-likeness (QED) is 0.253. The number of hydrogen-bond acceptors (Lipinski definition) is 4. The van der Waals surface area contributed by atoms with Crippen molar-refractivity contribution >= 4 is 0 Å². The fourth-order valence-electron chi connectivity index (χ4n) is 0.904. The second kappa shape index (κ2) is 2.81. The lowest BCUT2D eigenvalue weighted by atomic mass is 10.0. The van der Waals surface area contributed by atoms with Gasteiger partial charge in [0.2, 0.25) is 0 Å². The van der Waals surface area contributed by atoms with Crippen LogP contribution in [0, 0.1) is 10.1 Å². The largest absolute Gasteiger partial charge is 0.309 e. The van der Waals surface area contributed by atoms with Crippen LogP contribution in [0.2, 0.25) is 0 Å². The fraction of sp³-hybridized carbons (Fsp3) is 0.333. The van der Waals surface area contributed by atoms with Crippen LogP contribution < -0.4 is 11.3 Å². The van der Waals surface area contributed by atoms with Gasteiger partial charge in [-0.25, -0.2) is 0 Å². The zero-order chi connectivity index (χ0) is 8.32. The fourth-order valence-corrected chi connectivity index (χ4v) is 0.904. The number of nitrogens with zero attached hydrogens (tertiary/aromatic N) is 1. The first-order valence-electron chi connectivity index (χ1n) is 3.18. The molecule has 0 aromatic heterocycles. The molecule has 11 heavy (non-hydrogen) atoms. The third-order valence-electron chi connectivity index (χ3n) is 1.62. The molecule has 0 amide bonds. The summed E-state index contributed by atoms with van der Waals surface area (Å²) in [5, 5.41) is 10.5. The molecule has 0 radical (unpaired) electrons. The topological polar surface area (TPSA) is 81.2 Å². The molecule has 1 unspecified atom stereocenters. The van der Waals surface area contributed by atoms with Gasteiger partial charge in [0.15, 0.2) is 0 Å². The highest BCUT2D eigenvalue weighted by Crippen LogP contribution is 2.16. The molecule has 60 valence electrons. The third-order valence-corrected chi connectivity index (χ3v) is 1.62. The molecule has 0 aliphatic heterocycles. The van der Waals surface area contributed by atoms with Crippen molar-refractivity contribution in [3.63, 3.8) is 0 Å². The van der Waals surface area contributed by atoms with Gasteiger partial charge in [0.25, 0.3) is 0 Å². The number of hydrazine groups is 1. The number of nitrogens with two attached hydrogens (primary N) is 1. The van der Waals surface area contributed by atoms with Gasteiger partial charge in [-0.2, -0.15) is 5.43 Å². The molecule has 0 saturated carbocycles. The molecular formula is C6H9N3O2. The van der Waals surface area contributed by atoms with Gasteiger partial charge in [-0.3, -0.25) is 16.0 Å². The Morgan fingerprint density at radius 3 is 2.64 bits per heavy atom. The molecule has 3 N–H and O–H groups in total. The van der Waals surface area contributed by atoms with Crippen LogP contribution in [0.1, 0.15) is 6.42 Å². The van der Waals surface area contributed by atoms with Crippen molar-refractivity contribution in [2.75, 3.05) is 0 Å². The van der Waals surface area contributed by atoms with Gasteiger partial charge in [-0.15, -0.1) is 0 Å². The average molecular weight is 155 g/mol. The summed E-state index contributed by atoms with van der Waals surface area (Å²) in [5.74, 6) is 5.06. The summed E-state index contributed by atoms with van der Waals surface area (Å²) in [6, 6.07) is 0. The predicted molar refractivity (Wildman–Crippen MR) is 39.9 cm³/mol. The Hall–Kier alpha value is -1.20. The van der Waals surface area contributed by atoms with Crippen molar-refractivity contribution in [1.29, 1.82) is 0 Å². The minimum atomic E-state index is -1.30. The Balaban J connectivity index is 2.85. The molecule has 0 aromatic carbocycles. The lowest BCUT2D eigenvalue weighted by Gasteiger charge is -2.20. The van der Waals surface area contributed by atoms with Crippen molar-refractivity contribution in [3.8, 4) is 0 Å². The van der Waals surface area contributed by atoms with Crippen LogP contribution in [0.4, 0.5) is 0 Å². The first kappa shape index (κ1) is 7.90. The standard InChI is InChI=1S/C6H9N3O2/c7-8-6(9(10)11)4-2-1-3-5-6/h1-4,8H,5,7H2. The third kappa shape index (κ3) is 1.28. The highest BCUT2D eigenvalue weighted by atomic mass is 16.6. The normalized spacial score (nSPS) is 28.8. The van der Waals surface area contributed by atoms with E-state index >= 15 is 0 Å². The van der Waals surface area contributed by atoms with Crippen molar-refractivity contribution in [2.24, 2.45) is 5.84 Å². The van der Waals surface area contributed by atoms with Crippen molar-refractivity contribution < 1.29 is 4.92 Å². The Kier molecular flexibility index (Phi) is 2.02. The SMILES string of the molecule is NNC1([N+](=O)[O-])C=CC=CC1. The number of rotatable bonds is 2. The van der Waals surface area contributed by atoms with Crippen LogP contribution in [0.3, 0.4) is 0 Å². The van der Waals surface area contributed by atoms with Crippen molar-refractivity contribution in [2.45, 2.75) is 12.1 Å². The van der Waals surface area contributed by atoms with Crippen LogP contribution >= 0.6 is 0 Å². The van der Waals surface area contributed by atoms with Crippen LogP contribution in [-0.4, -0.2) is 10.6 Å². The molecule has 1 aliphatic carbocycles. The minimum Gasteiger partial charge on any atom is -0.265 e. The lowest BCUT2D eigenvalue weighted by Crippen LogP contribution is -2.54. The van der Waals surface area contributed by atoms with E-state index in [9.17, 15) is 10.1 Å². The van der Waals surface area contributed by atoms with E-state index in [1.165, 1.54) is 6.08 Å². The maximum Gasteiger partial charge on any atom is 0.309 e. The van der Waals surface area contributed by atoms with Gasteiger partial charge in [-0.1, -0.05) is 18.2 Å². The molecule has 0 saturated heterocycles. The summed E-state index contributed by atoms with van der Waals surface area (Å²) in [6.07, 6.45) is 6.77. The van der Waals surface area contributed by atoms with Crippen LogP contribution in [0.15, 0.2) is 24.3 Å². The van der Waals surface area contributed by atoms with Crippen molar-refractivity contribution in [3.05, 3.63) is 34.4 Å². The van der Waals surface area contributed by atoms with E-state index in [1.807, 2.05) is 0 Å². The van der Waals surface area contributed by atoms with E-state index in [-0.39, 0.29) is 6.42 Å². The van der Waals surface area contributed by atoms with E-state index in [1.54, 1.807) is 18.2 Å². The highest BCUT2D eigenvalue weighted by molar-refractivity contribution is 5.16. The van der Waals surface area contributed by atoms with E-state index in [0.29, 0.717) is 0 Å². The molecule has 0 aromatic rings. The van der Waals surface area contributed by atoms with Gasteiger partial charge < -0.3 is 0 Å². The Bertz CT molecular complexity index is 224. The summed E-state index contributed by atoms with van der Waals surface area (Å²) in [7, 11) is 0. The van der Waals surface area contributed by atoms with Crippen LogP contribution in [0.5, 0.6) is 0 Å². The number of hydrogen-bond donors (Lipinski definition) is 2. The molecule has 0 fully saturated rings. The monoisotopic (exact) mass is 155 g/mol. The molecule has 0 bridgehead atoms. The van der Waals surface area contributed by atoms with Gasteiger partial charge in [0, 0.05) is 11.0 Å². The predicted octanol–water partition coefficient (Wildman–Crippen LogP) is -0.0612. The Labute approximate surface area is 63.7 Å². The molecule has 1 rings (SSSR count). The van der Waals surface area contributed by atoms with E-state index in [2.05, 4.69) is 5.43 Å². The lowest BCUT2D eigenvalue weighted by molar-refractivity contribution is -0.562. The van der Waals surface area contributed by atoms with Gasteiger partial charge in [0.1, 0.15) is 0 Å². The number of nitrogens with one attached hydrogen (secondary N) is 1. The second-order valence-electron chi connectivity index (χ2n) is 2.32. The molecule has 5 nitrogen and oxygen atoms in total. The molecule has 0 spiro atoms. The zero-order valence-electron chi connectivity index (χ0n) is 5.86. The Morgan fingerprint density at radius 1 is 1.64 bits per heavy atom. The summed E-state index contributed by atoms with van der Waals surface area (Å²) in [4.78, 5) is 10.0. The van der Waals surface area contributed by atoms with E-state index < -0.39 is 10.6 Å². The van der Waals surface area contributed by atoms with Gasteiger partial charge in [-0.05, 0) is 0 Å². The molecule has 5 heteroatoms. The van der Waals surface area contributed by atoms with Gasteiger partial charge >= 0.3 is 5.66 Å². The average Bonchev–Trinajstić information content (AvgIpc) is 2.05. The molecule has 1 atom stereocenters.